The molecule has 0 fully saturated rings. The summed E-state index contributed by atoms with van der Waals surface area (Å²) in [7, 11) is 0. The number of unbranched alkanes of at least 4 members (excludes halogenated alkanes) is 6. The van der Waals surface area contributed by atoms with Crippen molar-refractivity contribution in [3.63, 3.8) is 0 Å². The summed E-state index contributed by atoms with van der Waals surface area (Å²) in [5.41, 5.74) is 1.27. The molecule has 1 atom stereocenters. The molecule has 2 nitrogen and oxygen atoms in total. The number of hydrogen-bond donors (Lipinski definition) is 1. The SMILES string of the molecule is CCCCCCCCCOc1ccccc1C(C)NCC. The fraction of sp³-hybridized carbons (Fsp3) is 0.684. The van der Waals surface area contributed by atoms with Crippen molar-refractivity contribution in [2.45, 2.75) is 71.8 Å². The second-order valence-corrected chi connectivity index (χ2v) is 5.79. The Labute approximate surface area is 131 Å². The maximum atomic E-state index is 5.99. The molecule has 1 unspecified atom stereocenters. The Morgan fingerprint density at radius 2 is 1.62 bits per heavy atom. The molecule has 1 aromatic rings. The maximum Gasteiger partial charge on any atom is 0.124 e. The van der Waals surface area contributed by atoms with E-state index in [4.69, 9.17) is 4.74 Å². The number of benzene rings is 1. The van der Waals surface area contributed by atoms with Crippen LogP contribution in [-0.4, -0.2) is 13.2 Å². The number of nitrogens with one attached hydrogen (secondary N) is 1. The van der Waals surface area contributed by atoms with Gasteiger partial charge in [0.15, 0.2) is 0 Å². The highest BCUT2D eigenvalue weighted by Crippen LogP contribution is 2.25. The maximum absolute atomic E-state index is 5.99. The van der Waals surface area contributed by atoms with Gasteiger partial charge in [0, 0.05) is 11.6 Å². The van der Waals surface area contributed by atoms with E-state index in [2.05, 4.69) is 50.4 Å². The second-order valence-electron chi connectivity index (χ2n) is 5.79. The summed E-state index contributed by atoms with van der Waals surface area (Å²) in [5, 5.41) is 3.45. The average Bonchev–Trinajstić information content (AvgIpc) is 2.50. The Balaban J connectivity index is 2.25. The first-order valence-corrected chi connectivity index (χ1v) is 8.74. The van der Waals surface area contributed by atoms with Gasteiger partial charge in [0.2, 0.25) is 0 Å². The molecular formula is C19H33NO. The molecule has 0 amide bonds. The van der Waals surface area contributed by atoms with Crippen LogP contribution >= 0.6 is 0 Å². The van der Waals surface area contributed by atoms with Crippen molar-refractivity contribution in [2.24, 2.45) is 0 Å². The lowest BCUT2D eigenvalue weighted by molar-refractivity contribution is 0.298. The van der Waals surface area contributed by atoms with Gasteiger partial charge in [0.1, 0.15) is 5.75 Å². The average molecular weight is 291 g/mol. The first-order valence-electron chi connectivity index (χ1n) is 8.74. The monoisotopic (exact) mass is 291 g/mol. The summed E-state index contributed by atoms with van der Waals surface area (Å²) in [6.45, 7) is 8.41. The van der Waals surface area contributed by atoms with Crippen molar-refractivity contribution in [3.8, 4) is 5.75 Å². The van der Waals surface area contributed by atoms with E-state index in [1.165, 1.54) is 44.1 Å². The molecule has 0 saturated carbocycles. The van der Waals surface area contributed by atoms with Crippen LogP contribution in [0.15, 0.2) is 24.3 Å². The van der Waals surface area contributed by atoms with E-state index < -0.39 is 0 Å². The molecule has 0 heterocycles. The Morgan fingerprint density at radius 1 is 0.952 bits per heavy atom. The fourth-order valence-electron chi connectivity index (χ4n) is 2.63. The van der Waals surface area contributed by atoms with Crippen LogP contribution in [0.1, 0.15) is 77.3 Å². The van der Waals surface area contributed by atoms with Gasteiger partial charge in [-0.3, -0.25) is 0 Å². The molecule has 2 heteroatoms. The molecule has 0 saturated heterocycles. The van der Waals surface area contributed by atoms with E-state index in [0.29, 0.717) is 6.04 Å². The normalized spacial score (nSPS) is 12.3. The van der Waals surface area contributed by atoms with Crippen molar-refractivity contribution in [2.75, 3.05) is 13.2 Å². The van der Waals surface area contributed by atoms with Crippen LogP contribution in [0, 0.1) is 0 Å². The van der Waals surface area contributed by atoms with Crippen molar-refractivity contribution in [1.82, 2.24) is 5.32 Å². The highest BCUT2D eigenvalue weighted by atomic mass is 16.5. The molecule has 0 bridgehead atoms. The molecule has 120 valence electrons. The van der Waals surface area contributed by atoms with Crippen LogP contribution in [0.3, 0.4) is 0 Å². The van der Waals surface area contributed by atoms with E-state index in [1.807, 2.05) is 0 Å². The minimum Gasteiger partial charge on any atom is -0.493 e. The quantitative estimate of drug-likeness (QED) is 0.514. The van der Waals surface area contributed by atoms with E-state index >= 15 is 0 Å². The summed E-state index contributed by atoms with van der Waals surface area (Å²) in [6, 6.07) is 8.74. The third kappa shape index (κ3) is 7.52. The number of rotatable bonds is 12. The van der Waals surface area contributed by atoms with Gasteiger partial charge in [-0.2, -0.15) is 0 Å². The fourth-order valence-corrected chi connectivity index (χ4v) is 2.63. The molecule has 0 aliphatic heterocycles. The van der Waals surface area contributed by atoms with Crippen molar-refractivity contribution in [3.05, 3.63) is 29.8 Å². The summed E-state index contributed by atoms with van der Waals surface area (Å²) in [4.78, 5) is 0. The Kier molecular flexibility index (Phi) is 9.98. The molecule has 1 N–H and O–H groups in total. The van der Waals surface area contributed by atoms with Crippen LogP contribution in [0.25, 0.3) is 0 Å². The number of para-hydroxylation sites is 1. The van der Waals surface area contributed by atoms with Crippen LogP contribution in [-0.2, 0) is 0 Å². The molecule has 1 rings (SSSR count). The van der Waals surface area contributed by atoms with Crippen molar-refractivity contribution >= 4 is 0 Å². The first-order chi connectivity index (χ1) is 10.3. The molecule has 0 aliphatic rings. The highest BCUT2D eigenvalue weighted by molar-refractivity contribution is 5.35. The molecule has 1 aromatic carbocycles. The molecule has 0 aliphatic carbocycles. The zero-order valence-electron chi connectivity index (χ0n) is 14.2. The molecule has 0 radical (unpaired) electrons. The van der Waals surface area contributed by atoms with E-state index in [0.717, 1.165) is 25.3 Å². The summed E-state index contributed by atoms with van der Waals surface area (Å²) >= 11 is 0. The van der Waals surface area contributed by atoms with Crippen LogP contribution < -0.4 is 10.1 Å². The lowest BCUT2D eigenvalue weighted by Gasteiger charge is -2.17. The van der Waals surface area contributed by atoms with Gasteiger partial charge in [0.05, 0.1) is 6.61 Å². The third-order valence-electron chi connectivity index (χ3n) is 3.90. The standard InChI is InChI=1S/C19H33NO/c1-4-6-7-8-9-10-13-16-21-19-15-12-11-14-18(19)17(3)20-5-2/h11-12,14-15,17,20H,4-10,13,16H2,1-3H3. The predicted molar refractivity (Wildman–Crippen MR) is 92.0 cm³/mol. The minimum absolute atomic E-state index is 0.347. The summed E-state index contributed by atoms with van der Waals surface area (Å²) < 4.78 is 5.99. The molecular weight excluding hydrogens is 258 g/mol. The Hall–Kier alpha value is -1.02. The van der Waals surface area contributed by atoms with Gasteiger partial charge in [-0.05, 0) is 26.0 Å². The smallest absolute Gasteiger partial charge is 0.124 e. The number of hydrogen-bond acceptors (Lipinski definition) is 2. The zero-order chi connectivity index (χ0) is 15.3. The van der Waals surface area contributed by atoms with Gasteiger partial charge >= 0.3 is 0 Å². The van der Waals surface area contributed by atoms with Crippen LogP contribution in [0.2, 0.25) is 0 Å². The summed E-state index contributed by atoms with van der Waals surface area (Å²) in [6.07, 6.45) is 9.27. The van der Waals surface area contributed by atoms with Gasteiger partial charge < -0.3 is 10.1 Å². The van der Waals surface area contributed by atoms with Gasteiger partial charge in [-0.15, -0.1) is 0 Å². The largest absolute Gasteiger partial charge is 0.493 e. The lowest BCUT2D eigenvalue weighted by atomic mass is 10.1. The number of ether oxygens (including phenoxy) is 1. The summed E-state index contributed by atoms with van der Waals surface area (Å²) in [5.74, 6) is 1.04. The van der Waals surface area contributed by atoms with Crippen LogP contribution in [0.4, 0.5) is 0 Å². The van der Waals surface area contributed by atoms with Gasteiger partial charge in [-0.1, -0.05) is 70.6 Å². The zero-order valence-corrected chi connectivity index (χ0v) is 14.2. The third-order valence-corrected chi connectivity index (χ3v) is 3.90. The Bertz CT molecular complexity index is 364. The molecule has 21 heavy (non-hydrogen) atoms. The van der Waals surface area contributed by atoms with Crippen molar-refractivity contribution < 1.29 is 4.74 Å². The van der Waals surface area contributed by atoms with Crippen molar-refractivity contribution in [1.29, 1.82) is 0 Å². The van der Waals surface area contributed by atoms with E-state index in [1.54, 1.807) is 0 Å². The van der Waals surface area contributed by atoms with Crippen LogP contribution in [0.5, 0.6) is 5.75 Å². The van der Waals surface area contributed by atoms with E-state index in [-0.39, 0.29) is 0 Å². The molecule has 0 aromatic heterocycles. The topological polar surface area (TPSA) is 21.3 Å². The Morgan fingerprint density at radius 3 is 2.33 bits per heavy atom. The second kappa shape index (κ2) is 11.6. The minimum atomic E-state index is 0.347. The molecule has 0 spiro atoms. The lowest BCUT2D eigenvalue weighted by Crippen LogP contribution is -2.18. The van der Waals surface area contributed by atoms with Gasteiger partial charge in [0.25, 0.3) is 0 Å². The van der Waals surface area contributed by atoms with E-state index in [9.17, 15) is 0 Å². The first kappa shape index (κ1) is 18.0. The predicted octanol–water partition coefficient (Wildman–Crippen LogP) is 5.49. The highest BCUT2D eigenvalue weighted by Gasteiger charge is 2.09. The van der Waals surface area contributed by atoms with Gasteiger partial charge in [-0.25, -0.2) is 0 Å².